The van der Waals surface area contributed by atoms with Crippen LogP contribution in [0.1, 0.15) is 43.1 Å². The number of carbonyl (C=O) groups excluding carboxylic acids is 1. The molecule has 1 aliphatic carbocycles. The zero-order chi connectivity index (χ0) is 21.7. The van der Waals surface area contributed by atoms with E-state index in [1.807, 2.05) is 18.3 Å². The van der Waals surface area contributed by atoms with Crippen molar-refractivity contribution >= 4 is 28.4 Å². The molecular formula is C21H24N8O2. The SMILES string of the molecule is CNc1cc(-c2cn(C(C)C)c3nnccc23)nc2c(C(=O)NC3CC[C@H]3O)cnn12. The van der Waals surface area contributed by atoms with E-state index in [-0.39, 0.29) is 18.0 Å². The van der Waals surface area contributed by atoms with Crippen molar-refractivity contribution in [2.24, 2.45) is 0 Å². The standard InChI is InChI=1S/C21H24N8O2/c1-11(2)28-10-14(12-6-7-23-27-20(12)28)16-8-18(22-3)29-19(25-16)13(9-24-29)21(31)26-15-4-5-17(15)30/h6-11,15,17,22,30H,4-5H2,1-3H3,(H,26,31)/t15?,17-/m1/s1. The molecule has 0 radical (unpaired) electrons. The second kappa shape index (κ2) is 7.31. The summed E-state index contributed by atoms with van der Waals surface area (Å²) in [5.74, 6) is 0.413. The van der Waals surface area contributed by atoms with Crippen LogP contribution in [0.3, 0.4) is 0 Å². The maximum Gasteiger partial charge on any atom is 0.257 e. The summed E-state index contributed by atoms with van der Waals surface area (Å²) >= 11 is 0. The number of nitrogens with zero attached hydrogens (tertiary/aromatic N) is 6. The van der Waals surface area contributed by atoms with Crippen LogP contribution in [0.4, 0.5) is 5.82 Å². The van der Waals surface area contributed by atoms with Gasteiger partial charge in [0.05, 0.1) is 30.2 Å². The van der Waals surface area contributed by atoms with Gasteiger partial charge in [-0.05, 0) is 32.8 Å². The van der Waals surface area contributed by atoms with Gasteiger partial charge in [-0.1, -0.05) is 0 Å². The van der Waals surface area contributed by atoms with Crippen LogP contribution in [0, 0.1) is 0 Å². The summed E-state index contributed by atoms with van der Waals surface area (Å²) in [6.07, 6.45) is 6.16. The number of aliphatic hydroxyl groups excluding tert-OH is 1. The van der Waals surface area contributed by atoms with Crippen LogP contribution < -0.4 is 10.6 Å². The van der Waals surface area contributed by atoms with Crippen LogP contribution in [0.25, 0.3) is 27.9 Å². The van der Waals surface area contributed by atoms with Crippen molar-refractivity contribution in [2.75, 3.05) is 12.4 Å². The quantitative estimate of drug-likeness (QED) is 0.451. The lowest BCUT2D eigenvalue weighted by molar-refractivity contribution is 0.0448. The fraction of sp³-hybridized carbons (Fsp3) is 0.381. The van der Waals surface area contributed by atoms with E-state index in [1.54, 1.807) is 17.8 Å². The highest BCUT2D eigenvalue weighted by atomic mass is 16.3. The first kappa shape index (κ1) is 19.4. The molecule has 0 saturated heterocycles. The average Bonchev–Trinajstić information content (AvgIpc) is 3.37. The summed E-state index contributed by atoms with van der Waals surface area (Å²) in [4.78, 5) is 17.7. The number of aromatic nitrogens is 6. The normalized spacial score (nSPS) is 18.5. The fourth-order valence-electron chi connectivity index (χ4n) is 3.93. The average molecular weight is 420 g/mol. The van der Waals surface area contributed by atoms with Gasteiger partial charge in [-0.15, -0.1) is 5.10 Å². The number of aliphatic hydroxyl groups is 1. The predicted molar refractivity (Wildman–Crippen MR) is 116 cm³/mol. The van der Waals surface area contributed by atoms with Crippen LogP contribution in [-0.4, -0.2) is 59.6 Å². The Morgan fingerprint density at radius 2 is 2.13 bits per heavy atom. The largest absolute Gasteiger partial charge is 0.391 e. The molecule has 4 heterocycles. The number of anilines is 1. The highest BCUT2D eigenvalue weighted by Crippen LogP contribution is 2.32. The third-order valence-electron chi connectivity index (χ3n) is 5.86. The van der Waals surface area contributed by atoms with Crippen molar-refractivity contribution in [3.8, 4) is 11.3 Å². The maximum absolute atomic E-state index is 12.9. The Hall–Kier alpha value is -3.53. The first-order chi connectivity index (χ1) is 15.0. The van der Waals surface area contributed by atoms with Gasteiger partial charge in [-0.25, -0.2) is 4.98 Å². The summed E-state index contributed by atoms with van der Waals surface area (Å²) in [5, 5.41) is 29.5. The van der Waals surface area contributed by atoms with Gasteiger partial charge in [-0.2, -0.15) is 14.7 Å². The molecule has 2 atom stereocenters. The van der Waals surface area contributed by atoms with E-state index in [1.165, 1.54) is 6.20 Å². The second-order valence-electron chi connectivity index (χ2n) is 8.11. The molecule has 3 N–H and O–H groups in total. The summed E-state index contributed by atoms with van der Waals surface area (Å²) in [6, 6.07) is 3.79. The lowest BCUT2D eigenvalue weighted by atomic mass is 9.89. The van der Waals surface area contributed by atoms with Crippen molar-refractivity contribution in [1.82, 2.24) is 34.7 Å². The van der Waals surface area contributed by atoms with Gasteiger partial charge >= 0.3 is 0 Å². The molecule has 0 aromatic carbocycles. The second-order valence-corrected chi connectivity index (χ2v) is 8.11. The molecule has 10 nitrogen and oxygen atoms in total. The van der Waals surface area contributed by atoms with E-state index in [0.717, 1.165) is 23.0 Å². The molecule has 0 spiro atoms. The first-order valence-electron chi connectivity index (χ1n) is 10.4. The van der Waals surface area contributed by atoms with Gasteiger partial charge in [-0.3, -0.25) is 4.79 Å². The van der Waals surface area contributed by atoms with Crippen LogP contribution in [-0.2, 0) is 0 Å². The van der Waals surface area contributed by atoms with Gasteiger partial charge in [0, 0.05) is 36.3 Å². The number of nitrogens with one attached hydrogen (secondary N) is 2. The first-order valence-corrected chi connectivity index (χ1v) is 10.4. The molecule has 1 aliphatic rings. The molecule has 160 valence electrons. The zero-order valence-corrected chi connectivity index (χ0v) is 17.6. The van der Waals surface area contributed by atoms with E-state index in [4.69, 9.17) is 4.98 Å². The predicted octanol–water partition coefficient (Wildman–Crippen LogP) is 2.02. The smallest absolute Gasteiger partial charge is 0.257 e. The molecule has 0 aliphatic heterocycles. The fourth-order valence-corrected chi connectivity index (χ4v) is 3.93. The lowest BCUT2D eigenvalue weighted by Crippen LogP contribution is -2.50. The highest BCUT2D eigenvalue weighted by molar-refractivity contribution is 6.01. The van der Waals surface area contributed by atoms with Crippen LogP contribution in [0.15, 0.2) is 30.7 Å². The number of hydrogen-bond acceptors (Lipinski definition) is 7. The summed E-state index contributed by atoms with van der Waals surface area (Å²) in [6.45, 7) is 4.17. The van der Waals surface area contributed by atoms with Gasteiger partial charge in [0.2, 0.25) is 0 Å². The molecule has 1 fully saturated rings. The van der Waals surface area contributed by atoms with E-state index >= 15 is 0 Å². The Morgan fingerprint density at radius 3 is 2.81 bits per heavy atom. The maximum atomic E-state index is 12.9. The van der Waals surface area contributed by atoms with E-state index in [0.29, 0.717) is 29.1 Å². The van der Waals surface area contributed by atoms with Gasteiger partial charge < -0.3 is 20.3 Å². The third kappa shape index (κ3) is 3.10. The molecule has 4 aromatic rings. The molecule has 1 saturated carbocycles. The molecule has 4 aromatic heterocycles. The number of fused-ring (bicyclic) bond motifs is 2. The summed E-state index contributed by atoms with van der Waals surface area (Å²) in [7, 11) is 1.80. The van der Waals surface area contributed by atoms with Crippen LogP contribution in [0.5, 0.6) is 0 Å². The van der Waals surface area contributed by atoms with Crippen molar-refractivity contribution in [3.63, 3.8) is 0 Å². The molecule has 5 rings (SSSR count). The van der Waals surface area contributed by atoms with Crippen molar-refractivity contribution in [2.45, 2.75) is 44.9 Å². The topological polar surface area (TPSA) is 122 Å². The molecular weight excluding hydrogens is 396 g/mol. The molecule has 31 heavy (non-hydrogen) atoms. The van der Waals surface area contributed by atoms with Crippen molar-refractivity contribution in [1.29, 1.82) is 0 Å². The molecule has 0 bridgehead atoms. The number of rotatable bonds is 5. The Balaban J connectivity index is 1.65. The minimum atomic E-state index is -0.495. The van der Waals surface area contributed by atoms with E-state index < -0.39 is 6.10 Å². The summed E-state index contributed by atoms with van der Waals surface area (Å²) < 4.78 is 3.67. The van der Waals surface area contributed by atoms with Gasteiger partial charge in [0.1, 0.15) is 11.4 Å². The number of carbonyl (C=O) groups is 1. The minimum Gasteiger partial charge on any atom is -0.391 e. The Bertz CT molecular complexity index is 1290. The van der Waals surface area contributed by atoms with Crippen molar-refractivity contribution in [3.05, 3.63) is 36.3 Å². The Labute approximate surface area is 178 Å². The van der Waals surface area contributed by atoms with E-state index in [2.05, 4.69) is 44.3 Å². The zero-order valence-electron chi connectivity index (χ0n) is 17.6. The van der Waals surface area contributed by atoms with Gasteiger partial charge in [0.15, 0.2) is 11.3 Å². The molecule has 1 unspecified atom stereocenters. The lowest BCUT2D eigenvalue weighted by Gasteiger charge is -2.32. The van der Waals surface area contributed by atoms with Crippen molar-refractivity contribution < 1.29 is 9.90 Å². The highest BCUT2D eigenvalue weighted by Gasteiger charge is 2.31. The third-order valence-corrected chi connectivity index (χ3v) is 5.86. The van der Waals surface area contributed by atoms with E-state index in [9.17, 15) is 9.90 Å². The summed E-state index contributed by atoms with van der Waals surface area (Å²) in [5.41, 5.74) is 3.20. The number of hydrogen-bond donors (Lipinski definition) is 3. The Morgan fingerprint density at radius 1 is 1.29 bits per heavy atom. The molecule has 10 heteroatoms. The van der Waals surface area contributed by atoms with Crippen LogP contribution >= 0.6 is 0 Å². The van der Waals surface area contributed by atoms with Gasteiger partial charge in [0.25, 0.3) is 5.91 Å². The Kier molecular flexibility index (Phi) is 4.58. The minimum absolute atomic E-state index is 0.200. The number of amides is 1. The van der Waals surface area contributed by atoms with Crippen LogP contribution in [0.2, 0.25) is 0 Å². The monoisotopic (exact) mass is 420 g/mol. The molecule has 1 amide bonds.